The second-order valence-corrected chi connectivity index (χ2v) is 2.62. The van der Waals surface area contributed by atoms with Crippen LogP contribution in [0.15, 0.2) is 23.0 Å². The third-order valence-electron chi connectivity index (χ3n) is 1.67. The molecule has 0 heterocycles. The lowest BCUT2D eigenvalue weighted by Crippen LogP contribution is -1.93. The van der Waals surface area contributed by atoms with Gasteiger partial charge in [0.1, 0.15) is 0 Å². The molecule has 1 heteroatoms. The van der Waals surface area contributed by atoms with Crippen LogP contribution in [0.4, 0.5) is 0 Å². The summed E-state index contributed by atoms with van der Waals surface area (Å²) in [5.41, 5.74) is 2.39. The molecular weight excluding hydrogens is 112 g/mol. The average molecular weight is 124 g/mol. The molecule has 50 valence electrons. The predicted molar refractivity (Wildman–Crippen MR) is 38.3 cm³/mol. The first-order valence-corrected chi connectivity index (χ1v) is 3.26. The summed E-state index contributed by atoms with van der Waals surface area (Å²) < 4.78 is 0. The highest BCUT2D eigenvalue weighted by molar-refractivity contribution is 5.27. The van der Waals surface area contributed by atoms with Crippen LogP contribution in [0.2, 0.25) is 0 Å². The highest BCUT2D eigenvalue weighted by Crippen LogP contribution is 2.20. The van der Waals surface area contributed by atoms with Crippen molar-refractivity contribution >= 4 is 0 Å². The highest BCUT2D eigenvalue weighted by atomic mass is 16.3. The molecule has 9 heavy (non-hydrogen) atoms. The average Bonchev–Trinajstić information content (AvgIpc) is 1.80. The van der Waals surface area contributed by atoms with E-state index in [1.807, 2.05) is 13.0 Å². The van der Waals surface area contributed by atoms with Gasteiger partial charge in [-0.2, -0.15) is 0 Å². The Balaban J connectivity index is 2.83. The van der Waals surface area contributed by atoms with Gasteiger partial charge in [0.15, 0.2) is 0 Å². The fourth-order valence-electron chi connectivity index (χ4n) is 1.04. The molecule has 0 bridgehead atoms. The molecule has 0 fully saturated rings. The summed E-state index contributed by atoms with van der Waals surface area (Å²) in [5, 5.41) is 9.13. The molecule has 0 unspecified atom stereocenters. The van der Waals surface area contributed by atoms with Gasteiger partial charge in [0.05, 0.1) is 5.76 Å². The second-order valence-electron chi connectivity index (χ2n) is 2.62. The lowest BCUT2D eigenvalue weighted by atomic mass is 10.0. The van der Waals surface area contributed by atoms with E-state index in [1.165, 1.54) is 5.57 Å². The fraction of sp³-hybridized carbons (Fsp3) is 0.500. The van der Waals surface area contributed by atoms with Crippen molar-refractivity contribution < 1.29 is 5.11 Å². The highest BCUT2D eigenvalue weighted by Gasteiger charge is 2.04. The molecule has 0 saturated carbocycles. The fourth-order valence-corrected chi connectivity index (χ4v) is 1.04. The van der Waals surface area contributed by atoms with Crippen molar-refractivity contribution in [3.63, 3.8) is 0 Å². The van der Waals surface area contributed by atoms with Crippen LogP contribution >= 0.6 is 0 Å². The van der Waals surface area contributed by atoms with E-state index < -0.39 is 0 Å². The zero-order valence-electron chi connectivity index (χ0n) is 5.94. The van der Waals surface area contributed by atoms with Crippen molar-refractivity contribution in [3.8, 4) is 0 Å². The Morgan fingerprint density at radius 3 is 2.44 bits per heavy atom. The molecule has 0 amide bonds. The van der Waals surface area contributed by atoms with Gasteiger partial charge >= 0.3 is 0 Å². The first-order chi connectivity index (χ1) is 4.20. The first kappa shape index (κ1) is 6.40. The van der Waals surface area contributed by atoms with Gasteiger partial charge in [0, 0.05) is 6.42 Å². The van der Waals surface area contributed by atoms with Crippen LogP contribution in [0, 0.1) is 0 Å². The van der Waals surface area contributed by atoms with Crippen molar-refractivity contribution in [3.05, 3.63) is 23.0 Å². The van der Waals surface area contributed by atoms with Crippen LogP contribution in [-0.2, 0) is 0 Å². The van der Waals surface area contributed by atoms with Crippen LogP contribution in [-0.4, -0.2) is 5.11 Å². The molecule has 0 radical (unpaired) electrons. The van der Waals surface area contributed by atoms with E-state index in [0.29, 0.717) is 5.76 Å². The van der Waals surface area contributed by atoms with E-state index in [9.17, 15) is 0 Å². The molecule has 0 atom stereocenters. The zero-order chi connectivity index (χ0) is 6.85. The van der Waals surface area contributed by atoms with Crippen molar-refractivity contribution in [2.45, 2.75) is 26.7 Å². The summed E-state index contributed by atoms with van der Waals surface area (Å²) in [6.07, 6.45) is 3.89. The minimum absolute atomic E-state index is 0.556. The second kappa shape index (κ2) is 2.26. The van der Waals surface area contributed by atoms with Gasteiger partial charge in [0.25, 0.3) is 0 Å². The van der Waals surface area contributed by atoms with Gasteiger partial charge in [-0.25, -0.2) is 0 Å². The van der Waals surface area contributed by atoms with Gasteiger partial charge in [-0.1, -0.05) is 11.6 Å². The Bertz CT molecular complexity index is 175. The van der Waals surface area contributed by atoms with Crippen LogP contribution in [0.3, 0.4) is 0 Å². The summed E-state index contributed by atoms with van der Waals surface area (Å²) in [7, 11) is 0. The molecule has 0 saturated heterocycles. The summed E-state index contributed by atoms with van der Waals surface area (Å²) >= 11 is 0. The largest absolute Gasteiger partial charge is 0.512 e. The van der Waals surface area contributed by atoms with Crippen LogP contribution < -0.4 is 0 Å². The number of aliphatic hydroxyl groups is 1. The topological polar surface area (TPSA) is 20.2 Å². The summed E-state index contributed by atoms with van der Waals surface area (Å²) in [6, 6.07) is 0. The molecule has 1 rings (SSSR count). The number of rotatable bonds is 0. The number of aliphatic hydroxyl groups excluding tert-OH is 1. The standard InChI is InChI=1S/C8H12O/c1-6-3-4-8(9)7(2)5-6/h5,9H,3-4H2,1-2H3. The Hall–Kier alpha value is -0.720. The zero-order valence-corrected chi connectivity index (χ0v) is 5.94. The van der Waals surface area contributed by atoms with Crippen molar-refractivity contribution in [2.24, 2.45) is 0 Å². The quantitative estimate of drug-likeness (QED) is 0.526. The normalized spacial score (nSPS) is 20.0. The lowest BCUT2D eigenvalue weighted by Gasteiger charge is -2.09. The molecule has 1 aliphatic rings. The molecule has 1 aliphatic carbocycles. The van der Waals surface area contributed by atoms with Gasteiger partial charge in [-0.3, -0.25) is 0 Å². The first-order valence-electron chi connectivity index (χ1n) is 3.26. The molecule has 0 aliphatic heterocycles. The molecule has 1 nitrogen and oxygen atoms in total. The van der Waals surface area contributed by atoms with E-state index in [4.69, 9.17) is 5.11 Å². The van der Waals surface area contributed by atoms with E-state index in [0.717, 1.165) is 18.4 Å². The third-order valence-corrected chi connectivity index (χ3v) is 1.67. The molecule has 0 aromatic carbocycles. The number of allylic oxidation sites excluding steroid dienone is 4. The van der Waals surface area contributed by atoms with Gasteiger partial charge in [0.2, 0.25) is 0 Å². The third kappa shape index (κ3) is 1.35. The lowest BCUT2D eigenvalue weighted by molar-refractivity contribution is 0.380. The van der Waals surface area contributed by atoms with Crippen molar-refractivity contribution in [2.75, 3.05) is 0 Å². The van der Waals surface area contributed by atoms with E-state index >= 15 is 0 Å². The van der Waals surface area contributed by atoms with Crippen molar-refractivity contribution in [1.82, 2.24) is 0 Å². The Morgan fingerprint density at radius 1 is 1.33 bits per heavy atom. The maximum atomic E-state index is 9.13. The summed E-state index contributed by atoms with van der Waals surface area (Å²) in [6.45, 7) is 4.04. The Kier molecular flexibility index (Phi) is 1.60. The Morgan fingerprint density at radius 2 is 2.00 bits per heavy atom. The summed E-state index contributed by atoms with van der Waals surface area (Å²) in [4.78, 5) is 0. The maximum absolute atomic E-state index is 9.13. The SMILES string of the molecule is CC1=CC(C)=C(O)CC1. The van der Waals surface area contributed by atoms with Crippen molar-refractivity contribution in [1.29, 1.82) is 0 Å². The van der Waals surface area contributed by atoms with Gasteiger partial charge in [-0.05, 0) is 25.8 Å². The number of hydrogen-bond acceptors (Lipinski definition) is 1. The molecule has 0 spiro atoms. The molecule has 0 aromatic heterocycles. The van der Waals surface area contributed by atoms with E-state index in [2.05, 4.69) is 6.92 Å². The minimum Gasteiger partial charge on any atom is -0.512 e. The van der Waals surface area contributed by atoms with Gasteiger partial charge in [-0.15, -0.1) is 0 Å². The van der Waals surface area contributed by atoms with Gasteiger partial charge < -0.3 is 5.11 Å². The van der Waals surface area contributed by atoms with Crippen LogP contribution in [0.25, 0.3) is 0 Å². The van der Waals surface area contributed by atoms with E-state index in [-0.39, 0.29) is 0 Å². The van der Waals surface area contributed by atoms with Crippen LogP contribution in [0.5, 0.6) is 0 Å². The molecule has 0 aromatic rings. The Labute approximate surface area is 55.7 Å². The van der Waals surface area contributed by atoms with Crippen LogP contribution in [0.1, 0.15) is 26.7 Å². The van der Waals surface area contributed by atoms with E-state index in [1.54, 1.807) is 0 Å². The summed E-state index contributed by atoms with van der Waals surface area (Å²) in [5.74, 6) is 0.556. The minimum atomic E-state index is 0.556. The molecular formula is C8H12O. The number of hydrogen-bond donors (Lipinski definition) is 1. The maximum Gasteiger partial charge on any atom is 0.0954 e. The monoisotopic (exact) mass is 124 g/mol. The smallest absolute Gasteiger partial charge is 0.0954 e. The predicted octanol–water partition coefficient (Wildman–Crippen LogP) is 2.56. The molecule has 1 N–H and O–H groups in total.